The maximum absolute atomic E-state index is 12.5. The summed E-state index contributed by atoms with van der Waals surface area (Å²) < 4.78 is 42.4. The first kappa shape index (κ1) is 20.7. The molecule has 1 rings (SSSR count). The highest BCUT2D eigenvalue weighted by atomic mass is 19.4. The van der Waals surface area contributed by atoms with Crippen LogP contribution < -0.4 is 5.32 Å². The van der Waals surface area contributed by atoms with Gasteiger partial charge in [0, 0.05) is 5.56 Å². The maximum Gasteiger partial charge on any atom is 0.416 e. The minimum atomic E-state index is -4.49. The van der Waals surface area contributed by atoms with Crippen molar-refractivity contribution < 1.29 is 32.3 Å². The van der Waals surface area contributed by atoms with Crippen molar-refractivity contribution in [3.63, 3.8) is 0 Å². The fourth-order valence-corrected chi connectivity index (χ4v) is 2.19. The van der Waals surface area contributed by atoms with E-state index in [0.29, 0.717) is 0 Å². The smallest absolute Gasteiger partial charge is 0.416 e. The van der Waals surface area contributed by atoms with Crippen molar-refractivity contribution in [1.82, 2.24) is 5.32 Å². The van der Waals surface area contributed by atoms with Gasteiger partial charge in [0.25, 0.3) is 5.91 Å². The molecule has 0 aromatic heterocycles. The Morgan fingerprint density at radius 1 is 1.12 bits per heavy atom. The van der Waals surface area contributed by atoms with Crippen LogP contribution in [0.5, 0.6) is 0 Å². The zero-order chi connectivity index (χ0) is 19.2. The molecule has 0 aliphatic rings. The van der Waals surface area contributed by atoms with Crippen molar-refractivity contribution in [1.29, 1.82) is 0 Å². The third-order valence-corrected chi connectivity index (χ3v) is 3.57. The lowest BCUT2D eigenvalue weighted by Gasteiger charge is -2.18. The topological polar surface area (TPSA) is 72.5 Å². The normalized spacial score (nSPS) is 13.7. The van der Waals surface area contributed by atoms with Crippen LogP contribution in [0, 0.1) is 5.92 Å². The largest absolute Gasteiger partial charge is 0.465 e. The van der Waals surface area contributed by atoms with Gasteiger partial charge in [0.1, 0.15) is 5.92 Å². The number of halogens is 3. The molecule has 8 heteroatoms. The molecule has 0 spiro atoms. The Balaban J connectivity index is 2.78. The number of ether oxygens (including phenoxy) is 1. The average molecular weight is 359 g/mol. The lowest BCUT2D eigenvalue weighted by atomic mass is 9.96. The van der Waals surface area contributed by atoms with Gasteiger partial charge in [-0.1, -0.05) is 6.92 Å². The summed E-state index contributed by atoms with van der Waals surface area (Å²) >= 11 is 0. The third kappa shape index (κ3) is 5.58. The minimum absolute atomic E-state index is 0.0168. The van der Waals surface area contributed by atoms with Crippen molar-refractivity contribution >= 4 is 17.7 Å². The number of hydrogen-bond donors (Lipinski definition) is 1. The van der Waals surface area contributed by atoms with Gasteiger partial charge in [-0.2, -0.15) is 13.2 Å². The SMILES string of the molecule is CCOC(=O)C(CC)C(=O)C(C)NC(=O)c1ccc(C(F)(F)F)cc1. The molecule has 0 saturated carbocycles. The van der Waals surface area contributed by atoms with E-state index in [4.69, 9.17) is 4.74 Å². The third-order valence-electron chi connectivity index (χ3n) is 3.57. The Morgan fingerprint density at radius 3 is 2.12 bits per heavy atom. The molecule has 0 aliphatic carbocycles. The van der Waals surface area contributed by atoms with Gasteiger partial charge >= 0.3 is 12.1 Å². The molecule has 1 amide bonds. The maximum atomic E-state index is 12.5. The summed E-state index contributed by atoms with van der Waals surface area (Å²) in [6.45, 7) is 4.80. The van der Waals surface area contributed by atoms with E-state index in [2.05, 4.69) is 5.32 Å². The van der Waals surface area contributed by atoms with Gasteiger partial charge in [0.05, 0.1) is 18.2 Å². The molecule has 0 saturated heterocycles. The van der Waals surface area contributed by atoms with Crippen molar-refractivity contribution in [2.24, 2.45) is 5.92 Å². The first-order valence-corrected chi connectivity index (χ1v) is 7.80. The monoisotopic (exact) mass is 359 g/mol. The number of amides is 1. The first-order valence-electron chi connectivity index (χ1n) is 7.80. The van der Waals surface area contributed by atoms with Crippen LogP contribution in [0.15, 0.2) is 24.3 Å². The zero-order valence-corrected chi connectivity index (χ0v) is 14.1. The van der Waals surface area contributed by atoms with Gasteiger partial charge in [-0.3, -0.25) is 14.4 Å². The second-order valence-corrected chi connectivity index (χ2v) is 5.39. The molecule has 0 radical (unpaired) electrons. The number of nitrogens with one attached hydrogen (secondary N) is 1. The van der Waals surface area contributed by atoms with E-state index in [1.807, 2.05) is 0 Å². The fraction of sp³-hybridized carbons (Fsp3) is 0.471. The number of ketones is 1. The van der Waals surface area contributed by atoms with Crippen LogP contribution in [0.25, 0.3) is 0 Å². The summed E-state index contributed by atoms with van der Waals surface area (Å²) in [7, 11) is 0. The van der Waals surface area contributed by atoms with Crippen molar-refractivity contribution in [2.75, 3.05) is 6.61 Å². The van der Waals surface area contributed by atoms with E-state index < -0.39 is 41.4 Å². The standard InChI is InChI=1S/C17H20F3NO4/c1-4-13(16(24)25-5-2)14(22)10(3)21-15(23)11-6-8-12(9-7-11)17(18,19)20/h6-10,13H,4-5H2,1-3H3,(H,21,23). The van der Waals surface area contributed by atoms with Gasteiger partial charge in [0.2, 0.25) is 0 Å². The number of esters is 1. The Kier molecular flexibility index (Phi) is 7.14. The first-order chi connectivity index (χ1) is 11.6. The number of rotatable bonds is 7. The van der Waals surface area contributed by atoms with E-state index in [1.165, 1.54) is 6.92 Å². The van der Waals surface area contributed by atoms with Gasteiger partial charge in [0.15, 0.2) is 5.78 Å². The van der Waals surface area contributed by atoms with Crippen LogP contribution in [0.1, 0.15) is 43.1 Å². The molecule has 0 heterocycles. The van der Waals surface area contributed by atoms with Crippen LogP contribution in [0.4, 0.5) is 13.2 Å². The summed E-state index contributed by atoms with van der Waals surface area (Å²) in [6.07, 6.45) is -4.27. The molecule has 0 bridgehead atoms. The molecule has 0 fully saturated rings. The predicted molar refractivity (Wildman–Crippen MR) is 83.8 cm³/mol. The van der Waals surface area contributed by atoms with Crippen LogP contribution in [0.3, 0.4) is 0 Å². The Labute approximate surface area is 143 Å². The highest BCUT2D eigenvalue weighted by molar-refractivity contribution is 6.04. The molecular weight excluding hydrogens is 339 g/mol. The summed E-state index contributed by atoms with van der Waals surface area (Å²) in [5.74, 6) is -2.87. The summed E-state index contributed by atoms with van der Waals surface area (Å²) in [5, 5.41) is 2.39. The van der Waals surface area contributed by atoms with E-state index >= 15 is 0 Å². The highest BCUT2D eigenvalue weighted by Crippen LogP contribution is 2.29. The lowest BCUT2D eigenvalue weighted by molar-refractivity contribution is -0.152. The van der Waals surface area contributed by atoms with Gasteiger partial charge in [-0.25, -0.2) is 0 Å². The molecule has 2 unspecified atom stereocenters. The average Bonchev–Trinajstić information content (AvgIpc) is 2.54. The molecule has 25 heavy (non-hydrogen) atoms. The molecule has 1 aromatic rings. The molecule has 2 atom stereocenters. The second kappa shape index (κ2) is 8.64. The number of Topliss-reactive ketones (excluding diaryl/α,β-unsaturated/α-hetero) is 1. The molecule has 1 aromatic carbocycles. The zero-order valence-electron chi connectivity index (χ0n) is 14.1. The van der Waals surface area contributed by atoms with E-state index in [-0.39, 0.29) is 18.6 Å². The molecule has 0 aliphatic heterocycles. The quantitative estimate of drug-likeness (QED) is 0.600. The van der Waals surface area contributed by atoms with Gasteiger partial charge in [-0.15, -0.1) is 0 Å². The van der Waals surface area contributed by atoms with Gasteiger partial charge < -0.3 is 10.1 Å². The van der Waals surface area contributed by atoms with Crippen LogP contribution >= 0.6 is 0 Å². The highest BCUT2D eigenvalue weighted by Gasteiger charge is 2.32. The van der Waals surface area contributed by atoms with Crippen LogP contribution in [-0.2, 0) is 20.5 Å². The minimum Gasteiger partial charge on any atom is -0.465 e. The molecule has 1 N–H and O–H groups in total. The van der Waals surface area contributed by atoms with Crippen LogP contribution in [-0.4, -0.2) is 30.3 Å². The second-order valence-electron chi connectivity index (χ2n) is 5.39. The van der Waals surface area contributed by atoms with Crippen molar-refractivity contribution in [3.8, 4) is 0 Å². The van der Waals surface area contributed by atoms with E-state index in [9.17, 15) is 27.6 Å². The van der Waals surface area contributed by atoms with Gasteiger partial charge in [-0.05, 0) is 44.5 Å². The summed E-state index contributed by atoms with van der Waals surface area (Å²) in [6, 6.07) is 2.64. The summed E-state index contributed by atoms with van der Waals surface area (Å²) in [4.78, 5) is 36.1. The summed E-state index contributed by atoms with van der Waals surface area (Å²) in [5.41, 5.74) is -0.890. The number of hydrogen-bond acceptors (Lipinski definition) is 4. The van der Waals surface area contributed by atoms with E-state index in [0.717, 1.165) is 24.3 Å². The number of benzene rings is 1. The predicted octanol–water partition coefficient (Wildman–Crippen LogP) is 2.98. The molecule has 138 valence electrons. The van der Waals surface area contributed by atoms with E-state index in [1.54, 1.807) is 13.8 Å². The van der Waals surface area contributed by atoms with Crippen molar-refractivity contribution in [3.05, 3.63) is 35.4 Å². The van der Waals surface area contributed by atoms with Crippen LogP contribution in [0.2, 0.25) is 0 Å². The number of carbonyl (C=O) groups excluding carboxylic acids is 3. The number of alkyl halides is 3. The Hall–Kier alpha value is -2.38. The number of carbonyl (C=O) groups is 3. The Bertz CT molecular complexity index is 626. The molecular formula is C17H20F3NO4. The Morgan fingerprint density at radius 2 is 1.68 bits per heavy atom. The fourth-order valence-electron chi connectivity index (χ4n) is 2.19. The van der Waals surface area contributed by atoms with Crippen molar-refractivity contribution in [2.45, 2.75) is 39.4 Å². The lowest BCUT2D eigenvalue weighted by Crippen LogP contribution is -2.43. The molecule has 5 nitrogen and oxygen atoms in total.